The fourth-order valence-electron chi connectivity index (χ4n) is 2.19. The molecule has 0 atom stereocenters. The topological polar surface area (TPSA) is 34.1 Å². The summed E-state index contributed by atoms with van der Waals surface area (Å²) in [6, 6.07) is 13.3. The van der Waals surface area contributed by atoms with E-state index >= 15 is 0 Å². The lowest BCUT2D eigenvalue weighted by Crippen LogP contribution is -2.43. The van der Waals surface area contributed by atoms with E-state index < -0.39 is 0 Å². The molecule has 3 nitrogen and oxygen atoms in total. The van der Waals surface area contributed by atoms with E-state index in [0.29, 0.717) is 17.6 Å². The molecule has 0 spiro atoms. The van der Waals surface area contributed by atoms with Gasteiger partial charge in [0.1, 0.15) is 11.8 Å². The highest BCUT2D eigenvalue weighted by Crippen LogP contribution is 2.16. The SMILES string of the molecule is CC(C)(Cc1ccc(Cl)cc1)NCCOc1cccc(Cl)n1. The van der Waals surface area contributed by atoms with Crippen molar-refractivity contribution in [3.8, 4) is 5.88 Å². The van der Waals surface area contributed by atoms with Gasteiger partial charge in [0.15, 0.2) is 0 Å². The van der Waals surface area contributed by atoms with Gasteiger partial charge in [0, 0.05) is 23.2 Å². The molecule has 22 heavy (non-hydrogen) atoms. The molecule has 0 radical (unpaired) electrons. The van der Waals surface area contributed by atoms with E-state index in [0.717, 1.165) is 18.0 Å². The molecule has 118 valence electrons. The Labute approximate surface area is 141 Å². The van der Waals surface area contributed by atoms with Crippen LogP contribution in [0.2, 0.25) is 10.2 Å². The van der Waals surface area contributed by atoms with Crippen molar-refractivity contribution in [2.24, 2.45) is 0 Å². The number of rotatable bonds is 7. The summed E-state index contributed by atoms with van der Waals surface area (Å²) in [5, 5.41) is 4.69. The van der Waals surface area contributed by atoms with E-state index in [2.05, 4.69) is 36.3 Å². The molecular weight excluding hydrogens is 319 g/mol. The van der Waals surface area contributed by atoms with Gasteiger partial charge in [0.2, 0.25) is 5.88 Å². The first-order valence-electron chi connectivity index (χ1n) is 7.19. The highest BCUT2D eigenvalue weighted by Gasteiger charge is 2.17. The van der Waals surface area contributed by atoms with Crippen molar-refractivity contribution < 1.29 is 4.74 Å². The molecule has 5 heteroatoms. The maximum atomic E-state index is 5.91. The van der Waals surface area contributed by atoms with Gasteiger partial charge >= 0.3 is 0 Å². The minimum Gasteiger partial charge on any atom is -0.476 e. The summed E-state index contributed by atoms with van der Waals surface area (Å²) >= 11 is 11.7. The van der Waals surface area contributed by atoms with Crippen LogP contribution in [0, 0.1) is 0 Å². The molecule has 0 aliphatic carbocycles. The standard InChI is InChI=1S/C17H20Cl2N2O/c1-17(2,12-13-6-8-14(18)9-7-13)20-10-11-22-16-5-3-4-15(19)21-16/h3-9,20H,10-12H2,1-2H3. The predicted octanol–water partition coefficient (Wildman–Crippen LogP) is 4.38. The van der Waals surface area contributed by atoms with Crippen molar-refractivity contribution >= 4 is 23.2 Å². The summed E-state index contributed by atoms with van der Waals surface area (Å²) in [5.74, 6) is 0.546. The summed E-state index contributed by atoms with van der Waals surface area (Å²) in [6.07, 6.45) is 0.916. The van der Waals surface area contributed by atoms with Gasteiger partial charge in [0.25, 0.3) is 0 Å². The van der Waals surface area contributed by atoms with Crippen molar-refractivity contribution in [3.63, 3.8) is 0 Å². The maximum absolute atomic E-state index is 5.91. The fraction of sp³-hybridized carbons (Fsp3) is 0.353. The molecule has 0 aliphatic heterocycles. The third-order valence-electron chi connectivity index (χ3n) is 3.20. The number of aromatic nitrogens is 1. The molecule has 0 bridgehead atoms. The number of pyridine rings is 1. The van der Waals surface area contributed by atoms with E-state index in [4.69, 9.17) is 27.9 Å². The highest BCUT2D eigenvalue weighted by atomic mass is 35.5. The largest absolute Gasteiger partial charge is 0.476 e. The van der Waals surface area contributed by atoms with Crippen LogP contribution in [0.25, 0.3) is 0 Å². The summed E-state index contributed by atoms with van der Waals surface area (Å²) in [4.78, 5) is 4.09. The number of nitrogens with one attached hydrogen (secondary N) is 1. The molecule has 0 fully saturated rings. The summed E-state index contributed by atoms with van der Waals surface area (Å²) in [7, 11) is 0. The van der Waals surface area contributed by atoms with Gasteiger partial charge in [-0.25, -0.2) is 4.98 Å². The zero-order chi connectivity index (χ0) is 16.0. The van der Waals surface area contributed by atoms with Gasteiger partial charge in [-0.15, -0.1) is 0 Å². The van der Waals surface area contributed by atoms with Crippen molar-refractivity contribution in [2.75, 3.05) is 13.2 Å². The monoisotopic (exact) mass is 338 g/mol. The second-order valence-electron chi connectivity index (χ2n) is 5.76. The second kappa shape index (κ2) is 7.82. The average Bonchev–Trinajstić information content (AvgIpc) is 2.46. The molecule has 1 N–H and O–H groups in total. The second-order valence-corrected chi connectivity index (χ2v) is 6.58. The van der Waals surface area contributed by atoms with Crippen LogP contribution in [0.4, 0.5) is 0 Å². The van der Waals surface area contributed by atoms with Crippen LogP contribution >= 0.6 is 23.2 Å². The minimum atomic E-state index is -0.0288. The number of benzene rings is 1. The van der Waals surface area contributed by atoms with Crippen molar-refractivity contribution in [1.82, 2.24) is 10.3 Å². The lowest BCUT2D eigenvalue weighted by molar-refractivity contribution is 0.275. The van der Waals surface area contributed by atoms with Crippen LogP contribution in [0.3, 0.4) is 0 Å². The van der Waals surface area contributed by atoms with Crippen molar-refractivity contribution in [1.29, 1.82) is 0 Å². The average molecular weight is 339 g/mol. The molecule has 1 aromatic heterocycles. The normalized spacial score (nSPS) is 11.5. The first-order valence-corrected chi connectivity index (χ1v) is 7.95. The lowest BCUT2D eigenvalue weighted by atomic mass is 9.95. The quantitative estimate of drug-likeness (QED) is 0.600. The predicted molar refractivity (Wildman–Crippen MR) is 92.0 cm³/mol. The zero-order valence-electron chi connectivity index (χ0n) is 12.8. The smallest absolute Gasteiger partial charge is 0.214 e. The molecule has 0 saturated carbocycles. The van der Waals surface area contributed by atoms with Crippen LogP contribution in [-0.2, 0) is 6.42 Å². The Bertz CT molecular complexity index is 600. The summed E-state index contributed by atoms with van der Waals surface area (Å²) < 4.78 is 5.57. The highest BCUT2D eigenvalue weighted by molar-refractivity contribution is 6.30. The molecule has 2 rings (SSSR count). The molecule has 0 amide bonds. The Morgan fingerprint density at radius 3 is 2.50 bits per heavy atom. The van der Waals surface area contributed by atoms with Crippen LogP contribution in [-0.4, -0.2) is 23.7 Å². The number of hydrogen-bond acceptors (Lipinski definition) is 3. The maximum Gasteiger partial charge on any atom is 0.214 e. The zero-order valence-corrected chi connectivity index (χ0v) is 14.3. The first-order chi connectivity index (χ1) is 10.4. The Morgan fingerprint density at radius 1 is 1.09 bits per heavy atom. The Kier molecular flexibility index (Phi) is 6.07. The van der Waals surface area contributed by atoms with E-state index in [9.17, 15) is 0 Å². The fourth-order valence-corrected chi connectivity index (χ4v) is 2.47. The van der Waals surface area contributed by atoms with E-state index in [1.165, 1.54) is 5.56 Å². The van der Waals surface area contributed by atoms with Crippen LogP contribution in [0.15, 0.2) is 42.5 Å². The van der Waals surface area contributed by atoms with Crippen molar-refractivity contribution in [3.05, 3.63) is 58.2 Å². The van der Waals surface area contributed by atoms with Gasteiger partial charge in [-0.05, 0) is 44.0 Å². The number of halogens is 2. The molecule has 2 aromatic rings. The summed E-state index contributed by atoms with van der Waals surface area (Å²) in [5.41, 5.74) is 1.22. The van der Waals surface area contributed by atoms with Gasteiger partial charge in [-0.2, -0.15) is 0 Å². The van der Waals surface area contributed by atoms with Crippen LogP contribution in [0.1, 0.15) is 19.4 Å². The van der Waals surface area contributed by atoms with E-state index in [1.54, 1.807) is 12.1 Å². The lowest BCUT2D eigenvalue weighted by Gasteiger charge is -2.26. The molecular formula is C17H20Cl2N2O. The Morgan fingerprint density at radius 2 is 1.82 bits per heavy atom. The molecule has 0 aliphatic rings. The van der Waals surface area contributed by atoms with Gasteiger partial charge in [-0.1, -0.05) is 41.4 Å². The van der Waals surface area contributed by atoms with Gasteiger partial charge < -0.3 is 10.1 Å². The van der Waals surface area contributed by atoms with E-state index in [1.807, 2.05) is 18.2 Å². The third kappa shape index (κ3) is 5.84. The number of ether oxygens (including phenoxy) is 1. The molecule has 1 aromatic carbocycles. The van der Waals surface area contributed by atoms with Crippen molar-refractivity contribution in [2.45, 2.75) is 25.8 Å². The molecule has 0 saturated heterocycles. The van der Waals surface area contributed by atoms with E-state index in [-0.39, 0.29) is 5.54 Å². The minimum absolute atomic E-state index is 0.0288. The summed E-state index contributed by atoms with van der Waals surface area (Å²) in [6.45, 7) is 5.60. The van der Waals surface area contributed by atoms with Crippen LogP contribution in [0.5, 0.6) is 5.88 Å². The van der Waals surface area contributed by atoms with Gasteiger partial charge in [0.05, 0.1) is 0 Å². The molecule has 0 unspecified atom stereocenters. The van der Waals surface area contributed by atoms with Crippen LogP contribution < -0.4 is 10.1 Å². The Balaban J connectivity index is 1.76. The first kappa shape index (κ1) is 17.1. The third-order valence-corrected chi connectivity index (χ3v) is 3.67. The Hall–Kier alpha value is -1.29. The van der Waals surface area contributed by atoms with Gasteiger partial charge in [-0.3, -0.25) is 0 Å². The number of nitrogens with zero attached hydrogens (tertiary/aromatic N) is 1. The molecule has 1 heterocycles. The number of hydrogen-bond donors (Lipinski definition) is 1.